The Balaban J connectivity index is 0.00000145. The van der Waals surface area contributed by atoms with Crippen molar-refractivity contribution in [3.63, 3.8) is 0 Å². The molecule has 9 heteroatoms. The fourth-order valence-corrected chi connectivity index (χ4v) is 3.07. The Bertz CT molecular complexity index is 873. The van der Waals surface area contributed by atoms with E-state index in [0.29, 0.717) is 38.2 Å². The lowest BCUT2D eigenvalue weighted by Crippen LogP contribution is -2.26. The Labute approximate surface area is 169 Å². The van der Waals surface area contributed by atoms with Crippen molar-refractivity contribution in [3.05, 3.63) is 47.2 Å². The third-order valence-electron chi connectivity index (χ3n) is 4.45. The second-order valence-corrected chi connectivity index (χ2v) is 6.76. The number of rotatable bonds is 9. The summed E-state index contributed by atoms with van der Waals surface area (Å²) in [6.07, 6.45) is 9.19. The zero-order valence-corrected chi connectivity index (χ0v) is 16.9. The van der Waals surface area contributed by atoms with Gasteiger partial charge in [0.25, 0.3) is 0 Å². The summed E-state index contributed by atoms with van der Waals surface area (Å²) in [6.45, 7) is 2.50. The number of aromatic nitrogens is 2. The largest absolute Gasteiger partial charge is 0.466 e. The van der Waals surface area contributed by atoms with Gasteiger partial charge in [0.2, 0.25) is 0 Å². The number of aliphatic hydroxyl groups excluding tert-OH is 1. The molecule has 2 heterocycles. The van der Waals surface area contributed by atoms with E-state index in [1.807, 2.05) is 10.6 Å². The number of esters is 1. The van der Waals surface area contributed by atoms with Gasteiger partial charge in [-0.3, -0.25) is 9.59 Å². The summed E-state index contributed by atoms with van der Waals surface area (Å²) in [5, 5.41) is 8.32. The molecule has 5 N–H and O–H groups in total. The zero-order valence-electron chi connectivity index (χ0n) is 16.9. The van der Waals surface area contributed by atoms with Crippen LogP contribution in [0.25, 0.3) is 5.65 Å². The molecule has 3 rings (SSSR count). The maximum absolute atomic E-state index is 11.7. The predicted molar refractivity (Wildman–Crippen MR) is 108 cm³/mol. The van der Waals surface area contributed by atoms with Crippen molar-refractivity contribution >= 4 is 17.9 Å². The first-order valence-corrected chi connectivity index (χ1v) is 9.54. The van der Waals surface area contributed by atoms with Crippen LogP contribution in [0.1, 0.15) is 48.9 Å². The summed E-state index contributed by atoms with van der Waals surface area (Å²) in [5.41, 5.74) is 9.37. The fraction of sp³-hybridized carbons (Fsp3) is 0.450. The van der Waals surface area contributed by atoms with Crippen LogP contribution in [-0.2, 0) is 27.3 Å². The molecule has 0 unspecified atom stereocenters. The summed E-state index contributed by atoms with van der Waals surface area (Å²) < 4.78 is 7.03. The maximum atomic E-state index is 11.7. The molecule has 2 aromatic heterocycles. The zero-order chi connectivity index (χ0) is 21.4. The molecule has 0 saturated heterocycles. The van der Waals surface area contributed by atoms with Gasteiger partial charge in [-0.25, -0.2) is 10.8 Å². The Hall–Kier alpha value is -2.91. The van der Waals surface area contributed by atoms with Crippen LogP contribution >= 0.6 is 0 Å². The number of aryl methyl sites for hydroxylation is 1. The second kappa shape index (κ2) is 10.6. The Kier molecular flexibility index (Phi) is 8.17. The molecule has 0 bridgehead atoms. The number of nitrogens with two attached hydrogens (primary N) is 2. The normalized spacial score (nSPS) is 13.6. The van der Waals surface area contributed by atoms with Crippen molar-refractivity contribution in [2.45, 2.75) is 45.1 Å². The van der Waals surface area contributed by atoms with Crippen LogP contribution in [0.15, 0.2) is 30.4 Å². The first kappa shape index (κ1) is 22.4. The van der Waals surface area contributed by atoms with Gasteiger partial charge in [0.1, 0.15) is 5.65 Å². The number of fused-ring (bicyclic) bond motifs is 1. The van der Waals surface area contributed by atoms with E-state index in [1.165, 1.54) is 29.6 Å². The predicted octanol–water partition coefficient (Wildman–Crippen LogP) is 0.991. The number of allylic oxidation sites excluding steroid dienone is 1. The molecule has 1 fully saturated rings. The van der Waals surface area contributed by atoms with Gasteiger partial charge >= 0.3 is 5.97 Å². The van der Waals surface area contributed by atoms with E-state index in [-0.39, 0.29) is 11.7 Å². The first-order chi connectivity index (χ1) is 14.0. The summed E-state index contributed by atoms with van der Waals surface area (Å²) in [7, 11) is 1.00. The van der Waals surface area contributed by atoms with Gasteiger partial charge in [-0.2, -0.15) is 0 Å². The van der Waals surface area contributed by atoms with E-state index < -0.39 is 0 Å². The third kappa shape index (κ3) is 6.30. The number of hydrogen-bond acceptors (Lipinski definition) is 8. The SMILES string of the molecule is CCOC(=O)CCc1cc(C2CC2)cn2cc(CN(N)/C=C(\N)C=O)nc12.CO. The summed E-state index contributed by atoms with van der Waals surface area (Å²) in [6, 6.07) is 2.15. The number of hydrogen-bond donors (Lipinski definition) is 3. The standard InChI is InChI=1S/C19H25N5O3.CH4O/c1-2-27-18(26)6-5-14-7-15(13-3-4-13)8-23-10-17(22-19(14)23)11-24(21)9-16(20)12-25;1-2/h7-10,12-13H,2-6,11,20-21H2,1H3;2H,1H3/b16-9-;. The van der Waals surface area contributed by atoms with Crippen LogP contribution in [0.3, 0.4) is 0 Å². The van der Waals surface area contributed by atoms with E-state index in [9.17, 15) is 9.59 Å². The molecular weight excluding hydrogens is 374 g/mol. The van der Waals surface area contributed by atoms with Crippen LogP contribution in [0.2, 0.25) is 0 Å². The van der Waals surface area contributed by atoms with Crippen LogP contribution < -0.4 is 11.6 Å². The van der Waals surface area contributed by atoms with E-state index >= 15 is 0 Å². The third-order valence-corrected chi connectivity index (χ3v) is 4.45. The van der Waals surface area contributed by atoms with Crippen molar-refractivity contribution in [1.29, 1.82) is 0 Å². The van der Waals surface area contributed by atoms with Crippen LogP contribution in [-0.4, -0.2) is 45.5 Å². The van der Waals surface area contributed by atoms with E-state index in [4.69, 9.17) is 21.4 Å². The van der Waals surface area contributed by atoms with E-state index in [1.54, 1.807) is 6.92 Å². The van der Waals surface area contributed by atoms with Crippen molar-refractivity contribution < 1.29 is 19.4 Å². The average molecular weight is 403 g/mol. The van der Waals surface area contributed by atoms with Gasteiger partial charge in [0, 0.05) is 32.1 Å². The number of pyridine rings is 1. The van der Waals surface area contributed by atoms with Gasteiger partial charge in [-0.15, -0.1) is 0 Å². The first-order valence-electron chi connectivity index (χ1n) is 9.54. The lowest BCUT2D eigenvalue weighted by atomic mass is 10.1. The number of imidazole rings is 1. The molecule has 29 heavy (non-hydrogen) atoms. The molecule has 0 radical (unpaired) electrons. The molecular formula is C20H29N5O4. The topological polar surface area (TPSA) is 136 Å². The smallest absolute Gasteiger partial charge is 0.306 e. The molecule has 158 valence electrons. The van der Waals surface area contributed by atoms with Crippen molar-refractivity contribution in [3.8, 4) is 0 Å². The molecule has 0 aromatic carbocycles. The highest BCUT2D eigenvalue weighted by molar-refractivity contribution is 5.71. The van der Waals surface area contributed by atoms with Gasteiger partial charge in [0.15, 0.2) is 6.29 Å². The highest BCUT2D eigenvalue weighted by Crippen LogP contribution is 2.40. The maximum Gasteiger partial charge on any atom is 0.306 e. The monoisotopic (exact) mass is 403 g/mol. The quantitative estimate of drug-likeness (QED) is 0.185. The lowest BCUT2D eigenvalue weighted by molar-refractivity contribution is -0.143. The number of ether oxygens (including phenoxy) is 1. The Morgan fingerprint density at radius 2 is 2.14 bits per heavy atom. The molecule has 1 saturated carbocycles. The van der Waals surface area contributed by atoms with Crippen LogP contribution in [0.5, 0.6) is 0 Å². The van der Waals surface area contributed by atoms with Gasteiger partial charge in [-0.05, 0) is 43.2 Å². The van der Waals surface area contributed by atoms with E-state index in [2.05, 4.69) is 17.2 Å². The van der Waals surface area contributed by atoms with E-state index in [0.717, 1.165) is 24.0 Å². The number of hydrazine groups is 1. The Morgan fingerprint density at radius 3 is 2.76 bits per heavy atom. The molecule has 2 aromatic rings. The number of aldehydes is 1. The molecule has 1 aliphatic carbocycles. The number of carbonyl (C=O) groups is 2. The molecule has 0 aliphatic heterocycles. The van der Waals surface area contributed by atoms with Crippen LogP contribution in [0, 0.1) is 0 Å². The van der Waals surface area contributed by atoms with Crippen LogP contribution in [0.4, 0.5) is 0 Å². The van der Waals surface area contributed by atoms with Gasteiger partial charge < -0.3 is 25.0 Å². The minimum absolute atomic E-state index is 0.0485. The fourth-order valence-electron chi connectivity index (χ4n) is 3.07. The summed E-state index contributed by atoms with van der Waals surface area (Å²) >= 11 is 0. The summed E-state index contributed by atoms with van der Waals surface area (Å²) in [4.78, 5) is 27.0. The average Bonchev–Trinajstić information content (AvgIpc) is 3.48. The highest BCUT2D eigenvalue weighted by atomic mass is 16.5. The molecule has 9 nitrogen and oxygen atoms in total. The Morgan fingerprint density at radius 1 is 1.41 bits per heavy atom. The molecule has 1 aliphatic rings. The number of nitrogens with zero attached hydrogens (tertiary/aromatic N) is 3. The van der Waals surface area contributed by atoms with Crippen molar-refractivity contribution in [2.24, 2.45) is 11.6 Å². The van der Waals surface area contributed by atoms with Gasteiger partial charge in [0.05, 0.1) is 24.5 Å². The molecule has 0 spiro atoms. The lowest BCUT2D eigenvalue weighted by Gasteiger charge is -2.11. The number of aliphatic hydroxyl groups is 1. The molecule has 0 atom stereocenters. The minimum atomic E-state index is -0.207. The van der Waals surface area contributed by atoms with Crippen molar-refractivity contribution in [1.82, 2.24) is 14.4 Å². The van der Waals surface area contributed by atoms with Crippen molar-refractivity contribution in [2.75, 3.05) is 13.7 Å². The number of carbonyl (C=O) groups excluding carboxylic acids is 2. The molecule has 0 amide bonds. The second-order valence-electron chi connectivity index (χ2n) is 6.76. The minimum Gasteiger partial charge on any atom is -0.466 e. The summed E-state index contributed by atoms with van der Waals surface area (Å²) in [5.74, 6) is 6.25. The van der Waals surface area contributed by atoms with Gasteiger partial charge in [-0.1, -0.05) is 6.07 Å². The highest BCUT2D eigenvalue weighted by Gasteiger charge is 2.25.